The molecule has 0 saturated carbocycles. The third kappa shape index (κ3) is 14.3. The molecule has 0 atom stereocenters. The SMILES string of the molecule is CC1(C)c2ccccc2-c2c1ccc1c2c2ccccc2n1-c1cc(-c2nc(-c3ccccc3)nc(-c3ccccc3)n2)cc2ccccc12.CC1(C)c2ccccc2-c2ccc3c(c21)c1ccccc1n3-c1cc(-c2nc(-c3ccccc3)nc(-c3ccccc3)n2)cc2ccccc12.CC1(C)c2ccccc2-c2ccc3c(c21)c1ccccc1n3-c1ccc(-c2nc(-c3ccccc3)nc(-c3ccccc3)n2)c2ccccc12. The van der Waals surface area contributed by atoms with E-state index in [2.05, 4.69) is 395 Å². The first kappa shape index (κ1) is 88.5. The van der Waals surface area contributed by atoms with Crippen molar-refractivity contribution in [3.8, 4) is 153 Å². The summed E-state index contributed by atoms with van der Waals surface area (Å²) in [6, 6.07) is 167. The number of nitrogens with zero attached hydrogens (tertiary/aromatic N) is 12. The Bertz CT molecular complexity index is 10000. The van der Waals surface area contributed by atoms with E-state index in [0.29, 0.717) is 52.4 Å². The smallest absolute Gasteiger partial charge is 0.164 e. The van der Waals surface area contributed by atoms with Crippen molar-refractivity contribution in [1.29, 1.82) is 0 Å². The van der Waals surface area contributed by atoms with Crippen molar-refractivity contribution in [2.45, 2.75) is 57.8 Å². The van der Waals surface area contributed by atoms with E-state index in [1.807, 2.05) is 133 Å². The van der Waals surface area contributed by atoms with E-state index in [9.17, 15) is 0 Å². The van der Waals surface area contributed by atoms with Crippen LogP contribution >= 0.6 is 0 Å². The number of rotatable bonds is 12. The molecule has 0 saturated heterocycles. The first-order valence-electron chi connectivity index (χ1n) is 51.4. The molecular weight excluding hydrogens is 1830 g/mol. The van der Waals surface area contributed by atoms with Crippen molar-refractivity contribution >= 4 is 97.7 Å². The maximum Gasteiger partial charge on any atom is 0.164 e. The molecule has 0 radical (unpaired) electrons. The van der Waals surface area contributed by atoms with E-state index in [0.717, 1.165) is 88.7 Å². The van der Waals surface area contributed by atoms with Gasteiger partial charge in [0.1, 0.15) is 0 Å². The summed E-state index contributed by atoms with van der Waals surface area (Å²) < 4.78 is 7.35. The first-order chi connectivity index (χ1) is 73.7. The van der Waals surface area contributed by atoms with Crippen LogP contribution in [0.3, 0.4) is 0 Å². The molecule has 3 aliphatic carbocycles. The molecule has 6 aromatic heterocycles. The number of benzene rings is 21. The molecule has 708 valence electrons. The molecule has 27 aromatic rings. The fourth-order valence-electron chi connectivity index (χ4n) is 24.4. The van der Waals surface area contributed by atoms with Crippen molar-refractivity contribution in [1.82, 2.24) is 58.6 Å². The molecule has 0 unspecified atom stereocenters. The predicted molar refractivity (Wildman–Crippen MR) is 617 cm³/mol. The molecule has 3 aliphatic rings. The largest absolute Gasteiger partial charge is 0.309 e. The third-order valence-electron chi connectivity index (χ3n) is 31.2. The lowest BCUT2D eigenvalue weighted by molar-refractivity contribution is 0.661. The van der Waals surface area contributed by atoms with Crippen molar-refractivity contribution < 1.29 is 0 Å². The Morgan fingerprint density at radius 1 is 0.160 bits per heavy atom. The Balaban J connectivity index is 0.000000108. The molecule has 6 heterocycles. The fourth-order valence-corrected chi connectivity index (χ4v) is 24.4. The van der Waals surface area contributed by atoms with E-state index < -0.39 is 0 Å². The summed E-state index contributed by atoms with van der Waals surface area (Å²) in [7, 11) is 0. The van der Waals surface area contributed by atoms with Gasteiger partial charge in [-0.1, -0.05) is 442 Å². The van der Waals surface area contributed by atoms with Gasteiger partial charge in [-0.2, -0.15) is 0 Å². The Morgan fingerprint density at radius 2 is 0.433 bits per heavy atom. The van der Waals surface area contributed by atoms with Crippen LogP contribution in [0.1, 0.15) is 74.9 Å². The zero-order valence-electron chi connectivity index (χ0n) is 83.4. The van der Waals surface area contributed by atoms with Crippen LogP contribution in [0.25, 0.3) is 251 Å². The van der Waals surface area contributed by atoms with Gasteiger partial charge in [0.15, 0.2) is 52.4 Å². The minimum atomic E-state index is -0.142. The summed E-state index contributed by atoms with van der Waals surface area (Å²) in [5.74, 6) is 5.85. The number of para-hydroxylation sites is 3. The average molecular weight is 1920 g/mol. The normalized spacial score (nSPS) is 13.2. The highest BCUT2D eigenvalue weighted by Crippen LogP contribution is 2.58. The van der Waals surface area contributed by atoms with Crippen LogP contribution in [0.2, 0.25) is 0 Å². The van der Waals surface area contributed by atoms with Crippen molar-refractivity contribution in [3.05, 3.63) is 507 Å². The predicted octanol–water partition coefficient (Wildman–Crippen LogP) is 34.3. The van der Waals surface area contributed by atoms with Crippen LogP contribution in [0.4, 0.5) is 0 Å². The maximum atomic E-state index is 5.11. The van der Waals surface area contributed by atoms with E-state index >= 15 is 0 Å². The highest BCUT2D eigenvalue weighted by Gasteiger charge is 2.42. The van der Waals surface area contributed by atoms with Crippen LogP contribution in [-0.4, -0.2) is 58.6 Å². The highest BCUT2D eigenvalue weighted by atomic mass is 15.1. The number of aromatic nitrogens is 12. The second-order valence-electron chi connectivity index (χ2n) is 40.9. The van der Waals surface area contributed by atoms with Crippen LogP contribution in [0.15, 0.2) is 473 Å². The summed E-state index contributed by atoms with van der Waals surface area (Å²) in [5, 5.41) is 14.5. The molecule has 0 fully saturated rings. The molecule has 12 nitrogen and oxygen atoms in total. The molecular formula is C138H96N12. The van der Waals surface area contributed by atoms with Gasteiger partial charge in [-0.3, -0.25) is 0 Å². The standard InChI is InChI=1S/3C46H32N4/c1-46(2)37-23-13-11-20-32(37)34-25-28-40-41(42(34)46)36-22-12-14-24-38(36)50(40)39-27-26-35(31-19-9-10-21-33(31)39)45-48-43(29-15-5-3-6-16-29)47-44(49-45)30-17-7-4-8-18-30;1-46(2)37-23-13-11-21-34(37)35-25-26-39-41(42(35)46)36-22-12-14-24-38(36)50(39)40-28-32(27-31-19-9-10-20-33(31)40)45-48-43(29-15-5-3-6-16-29)47-44(49-45)30-17-7-4-8-18-30;1-46(2)36-23-13-11-21-34(36)41-37(46)25-26-39-42(41)35-22-12-14-24-38(35)50(39)40-28-32(27-31-19-9-10-20-33(31)40)45-48-43(29-15-5-3-6-16-29)47-44(49-45)30-17-7-4-8-18-30/h3*3-28H,1-2H3. The van der Waals surface area contributed by atoms with E-state index in [1.165, 1.54) is 143 Å². The minimum Gasteiger partial charge on any atom is -0.309 e. The molecule has 0 amide bonds. The summed E-state index contributed by atoms with van der Waals surface area (Å²) in [6.45, 7) is 14.2. The second kappa shape index (κ2) is 35.1. The molecule has 12 heteroatoms. The van der Waals surface area contributed by atoms with E-state index in [1.54, 1.807) is 0 Å². The minimum absolute atomic E-state index is 0.0818. The quantitative estimate of drug-likeness (QED) is 0.117. The van der Waals surface area contributed by atoms with Gasteiger partial charge in [0, 0.05) is 115 Å². The summed E-state index contributed by atoms with van der Waals surface area (Å²) in [4.78, 5) is 45.5. The zero-order valence-corrected chi connectivity index (χ0v) is 83.4. The molecule has 30 rings (SSSR count). The summed E-state index contributed by atoms with van der Waals surface area (Å²) in [6.07, 6.45) is 0. The fraction of sp³-hybridized carbons (Fsp3) is 0.0652. The average Bonchev–Trinajstić information content (AvgIpc) is 1.53. The molecule has 150 heavy (non-hydrogen) atoms. The lowest BCUT2D eigenvalue weighted by Crippen LogP contribution is -2.15. The molecule has 0 spiro atoms. The Morgan fingerprint density at radius 3 is 0.820 bits per heavy atom. The lowest BCUT2D eigenvalue weighted by Gasteiger charge is -2.22. The van der Waals surface area contributed by atoms with Crippen LogP contribution < -0.4 is 0 Å². The third-order valence-corrected chi connectivity index (χ3v) is 31.2. The van der Waals surface area contributed by atoms with Gasteiger partial charge in [0.25, 0.3) is 0 Å². The van der Waals surface area contributed by atoms with Crippen molar-refractivity contribution in [2.75, 3.05) is 0 Å². The molecule has 21 aromatic carbocycles. The maximum absolute atomic E-state index is 5.11. The van der Waals surface area contributed by atoms with Gasteiger partial charge in [-0.15, -0.1) is 0 Å². The van der Waals surface area contributed by atoms with Gasteiger partial charge < -0.3 is 13.7 Å². The van der Waals surface area contributed by atoms with Crippen LogP contribution in [-0.2, 0) is 16.2 Å². The number of fused-ring (bicyclic) bond motifs is 24. The molecule has 0 bridgehead atoms. The first-order valence-corrected chi connectivity index (χ1v) is 51.4. The van der Waals surface area contributed by atoms with Crippen molar-refractivity contribution in [3.63, 3.8) is 0 Å². The second-order valence-corrected chi connectivity index (χ2v) is 40.9. The van der Waals surface area contributed by atoms with Crippen LogP contribution in [0, 0.1) is 0 Å². The number of hydrogen-bond donors (Lipinski definition) is 0. The molecule has 0 aliphatic heterocycles. The van der Waals surface area contributed by atoms with Crippen LogP contribution in [0.5, 0.6) is 0 Å². The summed E-state index contributed by atoms with van der Waals surface area (Å²) in [5.41, 5.74) is 35.0. The van der Waals surface area contributed by atoms with Gasteiger partial charge in [0.05, 0.1) is 50.2 Å². The van der Waals surface area contributed by atoms with Gasteiger partial charge in [0.2, 0.25) is 0 Å². The number of hydrogen-bond acceptors (Lipinski definition) is 9. The van der Waals surface area contributed by atoms with Crippen molar-refractivity contribution in [2.24, 2.45) is 0 Å². The monoisotopic (exact) mass is 1920 g/mol. The zero-order chi connectivity index (χ0) is 100. The van der Waals surface area contributed by atoms with Gasteiger partial charge in [-0.25, -0.2) is 44.9 Å². The lowest BCUT2D eigenvalue weighted by atomic mass is 9.80. The van der Waals surface area contributed by atoms with Gasteiger partial charge >= 0.3 is 0 Å². The molecule has 0 N–H and O–H groups in total. The Labute approximate surface area is 867 Å². The Hall–Kier alpha value is -19.2. The Kier molecular flexibility index (Phi) is 20.7. The highest BCUT2D eigenvalue weighted by molar-refractivity contribution is 6.21. The summed E-state index contributed by atoms with van der Waals surface area (Å²) >= 11 is 0. The topological polar surface area (TPSA) is 131 Å². The van der Waals surface area contributed by atoms with E-state index in [4.69, 9.17) is 44.9 Å². The van der Waals surface area contributed by atoms with Gasteiger partial charge in [-0.05, 0) is 156 Å². The van der Waals surface area contributed by atoms with E-state index in [-0.39, 0.29) is 16.2 Å².